The Balaban J connectivity index is 2.13. The second-order valence-corrected chi connectivity index (χ2v) is 10.9. The van der Waals surface area contributed by atoms with Gasteiger partial charge in [0.05, 0.1) is 52.9 Å². The summed E-state index contributed by atoms with van der Waals surface area (Å²) in [6, 6.07) is 0. The number of alkyl halides is 2. The minimum absolute atomic E-state index is 0.140. The molecule has 0 aromatic carbocycles. The molecule has 0 aromatic rings. The summed E-state index contributed by atoms with van der Waals surface area (Å²) in [6.07, 6.45) is -0.649. The first kappa shape index (κ1) is 28.3. The van der Waals surface area contributed by atoms with Crippen LogP contribution in [0.5, 0.6) is 0 Å². The Morgan fingerprint density at radius 3 is 1.70 bits per heavy atom. The van der Waals surface area contributed by atoms with Crippen LogP contribution in [0.15, 0.2) is 0 Å². The van der Waals surface area contributed by atoms with E-state index in [1.807, 2.05) is 13.8 Å². The van der Waals surface area contributed by atoms with Crippen LogP contribution >= 0.6 is 0 Å². The molecule has 0 spiro atoms. The summed E-state index contributed by atoms with van der Waals surface area (Å²) < 4.78 is 86.0. The zero-order chi connectivity index (χ0) is 25.0. The molecule has 1 N–H and O–H groups in total. The summed E-state index contributed by atoms with van der Waals surface area (Å²) in [5.41, 5.74) is -1.77. The van der Waals surface area contributed by atoms with Gasteiger partial charge in [0.2, 0.25) is 0 Å². The zero-order valence-electron chi connectivity index (χ0n) is 19.7. The third-order valence-corrected chi connectivity index (χ3v) is 7.94. The number of halogens is 2. The predicted octanol–water partition coefficient (Wildman–Crippen LogP) is 2.68. The van der Waals surface area contributed by atoms with Gasteiger partial charge in [0, 0.05) is 10.8 Å². The molecule has 0 aromatic heterocycles. The molecule has 0 amide bonds. The van der Waals surface area contributed by atoms with Gasteiger partial charge in [-0.2, -0.15) is 17.2 Å². The maximum atomic E-state index is 14.0. The minimum Gasteiger partial charge on any atom is -0.454 e. The molecule has 33 heavy (non-hydrogen) atoms. The first-order valence-electron chi connectivity index (χ1n) is 11.2. The largest absolute Gasteiger partial charge is 0.454 e. The number of carbonyl (C=O) groups is 1. The van der Waals surface area contributed by atoms with Crippen molar-refractivity contribution >= 4 is 16.1 Å². The molecule has 2 saturated heterocycles. The number of ether oxygens (including phenoxy) is 5. The molecule has 1 atom stereocenters. The van der Waals surface area contributed by atoms with Crippen LogP contribution in [0.3, 0.4) is 0 Å². The molecule has 2 aliphatic rings. The standard InChI is InChI=1S/C21H36F2O9S/c1-5-18(8-28-9-18)12-30-14-20(7-3,15-31-13-19(6-2)10-29-11-19)17(24)32-16(4)21(22,23)33(25,26)27/h16H,5-15H2,1-4H3,(H,25,26,27). The average molecular weight is 503 g/mol. The summed E-state index contributed by atoms with van der Waals surface area (Å²) in [5.74, 6) is -1.08. The van der Waals surface area contributed by atoms with Crippen LogP contribution in [0.1, 0.15) is 47.0 Å². The van der Waals surface area contributed by atoms with Gasteiger partial charge in [0.25, 0.3) is 0 Å². The SMILES string of the molecule is CCC1(COCC(CC)(COCC2(CC)COC2)C(=O)OC(C)C(F)(F)S(=O)(=O)O)COC1. The van der Waals surface area contributed by atoms with E-state index in [9.17, 15) is 22.0 Å². The Labute approximate surface area is 194 Å². The van der Waals surface area contributed by atoms with Gasteiger partial charge < -0.3 is 23.7 Å². The van der Waals surface area contributed by atoms with Crippen molar-refractivity contribution in [3.05, 3.63) is 0 Å². The molecule has 0 bridgehead atoms. The van der Waals surface area contributed by atoms with Gasteiger partial charge in [0.1, 0.15) is 5.41 Å². The summed E-state index contributed by atoms with van der Waals surface area (Å²) in [5, 5.41) is -4.66. The fourth-order valence-electron chi connectivity index (χ4n) is 3.56. The summed E-state index contributed by atoms with van der Waals surface area (Å²) in [7, 11) is -5.77. The fraction of sp³-hybridized carbons (Fsp3) is 0.952. The Bertz CT molecular complexity index is 725. The summed E-state index contributed by atoms with van der Waals surface area (Å²) in [6.45, 7) is 8.78. The monoisotopic (exact) mass is 502 g/mol. The lowest BCUT2D eigenvalue weighted by atomic mass is 9.83. The third-order valence-electron chi connectivity index (χ3n) is 6.92. The number of carbonyl (C=O) groups excluding carboxylic acids is 1. The topological polar surface area (TPSA) is 118 Å². The fourth-order valence-corrected chi connectivity index (χ4v) is 4.03. The minimum atomic E-state index is -5.77. The Hall–Kier alpha value is -0.920. The second kappa shape index (κ2) is 10.8. The summed E-state index contributed by atoms with van der Waals surface area (Å²) in [4.78, 5) is 13.1. The highest BCUT2D eigenvalue weighted by molar-refractivity contribution is 7.86. The average Bonchev–Trinajstić information content (AvgIpc) is 2.69. The van der Waals surface area contributed by atoms with Gasteiger partial charge in [0.15, 0.2) is 6.10 Å². The van der Waals surface area contributed by atoms with Crippen molar-refractivity contribution in [1.82, 2.24) is 0 Å². The van der Waals surface area contributed by atoms with Gasteiger partial charge in [-0.05, 0) is 26.2 Å². The number of esters is 1. The van der Waals surface area contributed by atoms with Crippen molar-refractivity contribution < 1.29 is 50.2 Å². The van der Waals surface area contributed by atoms with Crippen molar-refractivity contribution in [2.75, 3.05) is 52.9 Å². The maximum Gasteiger partial charge on any atom is 0.405 e. The van der Waals surface area contributed by atoms with Crippen LogP contribution in [-0.2, 0) is 38.6 Å². The highest BCUT2D eigenvalue weighted by atomic mass is 32.2. The molecule has 0 aliphatic carbocycles. The third kappa shape index (κ3) is 6.21. The van der Waals surface area contributed by atoms with Crippen molar-refractivity contribution in [3.63, 3.8) is 0 Å². The molecule has 9 nitrogen and oxygen atoms in total. The van der Waals surface area contributed by atoms with Crippen LogP contribution < -0.4 is 0 Å². The van der Waals surface area contributed by atoms with Crippen LogP contribution in [0.4, 0.5) is 8.78 Å². The zero-order valence-corrected chi connectivity index (χ0v) is 20.5. The van der Waals surface area contributed by atoms with Crippen molar-refractivity contribution in [2.24, 2.45) is 16.2 Å². The first-order valence-corrected chi connectivity index (χ1v) is 12.6. The molecule has 194 valence electrons. The lowest BCUT2D eigenvalue weighted by molar-refractivity contribution is -0.195. The van der Waals surface area contributed by atoms with E-state index in [0.29, 0.717) is 46.6 Å². The normalized spacial score (nSPS) is 21.1. The van der Waals surface area contributed by atoms with Crippen LogP contribution in [0.2, 0.25) is 0 Å². The van der Waals surface area contributed by atoms with E-state index in [-0.39, 0.29) is 30.5 Å². The molecule has 2 aliphatic heterocycles. The molecule has 12 heteroatoms. The Morgan fingerprint density at radius 2 is 1.42 bits per heavy atom. The van der Waals surface area contributed by atoms with Crippen LogP contribution in [0.25, 0.3) is 0 Å². The van der Waals surface area contributed by atoms with Crippen molar-refractivity contribution in [2.45, 2.75) is 58.3 Å². The smallest absolute Gasteiger partial charge is 0.405 e. The van der Waals surface area contributed by atoms with E-state index in [1.165, 1.54) is 0 Å². The second-order valence-electron chi connectivity index (χ2n) is 9.40. The quantitative estimate of drug-likeness (QED) is 0.266. The first-order chi connectivity index (χ1) is 15.3. The molecule has 2 fully saturated rings. The Morgan fingerprint density at radius 1 is 1.00 bits per heavy atom. The van der Waals surface area contributed by atoms with E-state index >= 15 is 0 Å². The molecule has 0 radical (unpaired) electrons. The predicted molar refractivity (Wildman–Crippen MR) is 113 cm³/mol. The summed E-state index contributed by atoms with van der Waals surface area (Å²) >= 11 is 0. The van der Waals surface area contributed by atoms with Gasteiger partial charge in [-0.3, -0.25) is 9.35 Å². The molecular formula is C21H36F2O9S. The molecule has 2 rings (SSSR count). The number of hydrogen-bond acceptors (Lipinski definition) is 8. The Kier molecular flexibility index (Phi) is 9.25. The van der Waals surface area contributed by atoms with E-state index in [2.05, 4.69) is 0 Å². The van der Waals surface area contributed by atoms with Gasteiger partial charge in [-0.1, -0.05) is 20.8 Å². The number of rotatable bonds is 15. The van der Waals surface area contributed by atoms with Gasteiger partial charge >= 0.3 is 21.3 Å². The molecular weight excluding hydrogens is 466 g/mol. The lowest BCUT2D eigenvalue weighted by Gasteiger charge is -2.42. The van der Waals surface area contributed by atoms with Gasteiger partial charge in [-0.15, -0.1) is 0 Å². The van der Waals surface area contributed by atoms with Crippen molar-refractivity contribution in [1.29, 1.82) is 0 Å². The molecule has 1 unspecified atom stereocenters. The molecule has 2 heterocycles. The van der Waals surface area contributed by atoms with E-state index in [1.54, 1.807) is 6.92 Å². The van der Waals surface area contributed by atoms with Gasteiger partial charge in [-0.25, -0.2) is 0 Å². The molecule has 0 saturated carbocycles. The van der Waals surface area contributed by atoms with Crippen LogP contribution in [-0.4, -0.2) is 83.2 Å². The maximum absolute atomic E-state index is 14.0. The van der Waals surface area contributed by atoms with E-state index < -0.39 is 32.9 Å². The van der Waals surface area contributed by atoms with Crippen molar-refractivity contribution in [3.8, 4) is 0 Å². The highest BCUT2D eigenvalue weighted by Gasteiger charge is 2.54. The number of hydrogen-bond donors (Lipinski definition) is 1. The van der Waals surface area contributed by atoms with E-state index in [0.717, 1.165) is 12.8 Å². The highest BCUT2D eigenvalue weighted by Crippen LogP contribution is 2.36. The lowest BCUT2D eigenvalue weighted by Crippen LogP contribution is -2.51. The van der Waals surface area contributed by atoms with E-state index in [4.69, 9.17) is 28.2 Å². The van der Waals surface area contributed by atoms with Crippen LogP contribution in [0, 0.1) is 16.2 Å².